The second-order valence-corrected chi connectivity index (χ2v) is 5.36. The van der Waals surface area contributed by atoms with Gasteiger partial charge in [0.25, 0.3) is 0 Å². The number of aryl methyl sites for hydroxylation is 2. The molecule has 2 aromatic heterocycles. The molecule has 0 saturated carbocycles. The van der Waals surface area contributed by atoms with Crippen molar-refractivity contribution in [3.8, 4) is 0 Å². The maximum Gasteiger partial charge on any atom is 0.418 e. The average Bonchev–Trinajstić information content (AvgIpc) is 3.09. The van der Waals surface area contributed by atoms with Crippen LogP contribution >= 0.6 is 0 Å². The van der Waals surface area contributed by atoms with Gasteiger partial charge in [0.05, 0.1) is 19.2 Å². The van der Waals surface area contributed by atoms with Gasteiger partial charge in [-0.15, -0.1) is 0 Å². The highest BCUT2D eigenvalue weighted by Crippen LogP contribution is 2.32. The number of hydrogen-bond donors (Lipinski definition) is 1. The smallest absolute Gasteiger partial charge is 0.418 e. The molecule has 0 saturated heterocycles. The van der Waals surface area contributed by atoms with Crippen molar-refractivity contribution < 1.29 is 19.1 Å². The predicted octanol–water partition coefficient (Wildman–Crippen LogP) is 3.53. The summed E-state index contributed by atoms with van der Waals surface area (Å²) in [5.41, 5.74) is 3.83. The number of aromatic amines is 1. The lowest BCUT2D eigenvalue weighted by molar-refractivity contribution is 0.0519. The maximum atomic E-state index is 12.1. The second kappa shape index (κ2) is 5.46. The van der Waals surface area contributed by atoms with Gasteiger partial charge < -0.3 is 14.5 Å². The summed E-state index contributed by atoms with van der Waals surface area (Å²) >= 11 is 0. The van der Waals surface area contributed by atoms with Gasteiger partial charge in [0, 0.05) is 22.5 Å². The molecule has 3 rings (SSSR count). The zero-order valence-electron chi connectivity index (χ0n) is 13.5. The highest BCUT2D eigenvalue weighted by molar-refractivity contribution is 6.07. The number of methoxy groups -OCH3 is 1. The SMILES string of the molecule is CCOC(=O)c1[nH]c2cc3c(ccn3C(=O)OC)c(C)c2c1C. The van der Waals surface area contributed by atoms with Gasteiger partial charge in [0.15, 0.2) is 0 Å². The number of hydrogen-bond acceptors (Lipinski definition) is 4. The van der Waals surface area contributed by atoms with Crippen molar-refractivity contribution in [2.45, 2.75) is 20.8 Å². The molecular weight excluding hydrogens is 296 g/mol. The van der Waals surface area contributed by atoms with Crippen LogP contribution in [0, 0.1) is 13.8 Å². The van der Waals surface area contributed by atoms with E-state index in [1.54, 1.807) is 13.1 Å². The summed E-state index contributed by atoms with van der Waals surface area (Å²) in [5, 5.41) is 1.92. The highest BCUT2D eigenvalue weighted by atomic mass is 16.5. The first kappa shape index (κ1) is 15.1. The predicted molar refractivity (Wildman–Crippen MR) is 87.0 cm³/mol. The van der Waals surface area contributed by atoms with Gasteiger partial charge in [0.1, 0.15) is 5.69 Å². The van der Waals surface area contributed by atoms with Crippen LogP contribution in [-0.4, -0.2) is 35.3 Å². The number of carbonyl (C=O) groups excluding carboxylic acids is 2. The zero-order valence-corrected chi connectivity index (χ0v) is 13.5. The van der Waals surface area contributed by atoms with E-state index >= 15 is 0 Å². The van der Waals surface area contributed by atoms with Crippen LogP contribution < -0.4 is 0 Å². The first-order valence-corrected chi connectivity index (χ1v) is 7.38. The molecule has 0 unspecified atom stereocenters. The van der Waals surface area contributed by atoms with Crippen molar-refractivity contribution >= 4 is 33.9 Å². The van der Waals surface area contributed by atoms with Crippen LogP contribution in [0.5, 0.6) is 0 Å². The average molecular weight is 314 g/mol. The number of esters is 1. The minimum Gasteiger partial charge on any atom is -0.461 e. The Morgan fingerprint density at radius 1 is 1.26 bits per heavy atom. The quantitative estimate of drug-likeness (QED) is 0.734. The number of ether oxygens (including phenoxy) is 2. The Morgan fingerprint density at radius 2 is 2.00 bits per heavy atom. The van der Waals surface area contributed by atoms with Crippen molar-refractivity contribution in [3.05, 3.63) is 35.2 Å². The van der Waals surface area contributed by atoms with E-state index in [1.165, 1.54) is 11.7 Å². The topological polar surface area (TPSA) is 73.3 Å². The Balaban J connectivity index is 2.30. The number of H-pyrrole nitrogens is 1. The van der Waals surface area contributed by atoms with Gasteiger partial charge >= 0.3 is 12.1 Å². The van der Waals surface area contributed by atoms with Crippen LogP contribution in [0.2, 0.25) is 0 Å². The third kappa shape index (κ3) is 2.18. The molecule has 0 atom stereocenters. The van der Waals surface area contributed by atoms with Gasteiger partial charge in [0.2, 0.25) is 0 Å². The molecule has 0 amide bonds. The van der Waals surface area contributed by atoms with Gasteiger partial charge in [-0.05, 0) is 44.0 Å². The van der Waals surface area contributed by atoms with Gasteiger partial charge in [-0.25, -0.2) is 9.59 Å². The molecule has 6 heteroatoms. The Hall–Kier alpha value is -2.76. The third-order valence-electron chi connectivity index (χ3n) is 4.12. The van der Waals surface area contributed by atoms with E-state index < -0.39 is 6.09 Å². The molecule has 0 aliphatic heterocycles. The molecule has 3 aromatic rings. The number of carbonyl (C=O) groups is 2. The number of benzene rings is 1. The lowest BCUT2D eigenvalue weighted by Crippen LogP contribution is -2.09. The number of nitrogens with zero attached hydrogens (tertiary/aromatic N) is 1. The fourth-order valence-corrected chi connectivity index (χ4v) is 3.05. The molecule has 6 nitrogen and oxygen atoms in total. The summed E-state index contributed by atoms with van der Waals surface area (Å²) in [5.74, 6) is -0.374. The summed E-state index contributed by atoms with van der Waals surface area (Å²) in [6.45, 7) is 5.96. The summed E-state index contributed by atoms with van der Waals surface area (Å²) in [7, 11) is 1.34. The largest absolute Gasteiger partial charge is 0.461 e. The van der Waals surface area contributed by atoms with Crippen LogP contribution in [0.4, 0.5) is 4.79 Å². The van der Waals surface area contributed by atoms with Crippen molar-refractivity contribution in [2.75, 3.05) is 13.7 Å². The van der Waals surface area contributed by atoms with Crippen molar-refractivity contribution in [1.29, 1.82) is 0 Å². The number of fused-ring (bicyclic) bond motifs is 2. The van der Waals surface area contributed by atoms with E-state index in [-0.39, 0.29) is 5.97 Å². The molecule has 0 spiro atoms. The zero-order chi connectivity index (χ0) is 16.7. The molecule has 0 aliphatic carbocycles. The first-order valence-electron chi connectivity index (χ1n) is 7.38. The van der Waals surface area contributed by atoms with Crippen molar-refractivity contribution in [2.24, 2.45) is 0 Å². The van der Waals surface area contributed by atoms with Crippen LogP contribution in [0.1, 0.15) is 28.5 Å². The molecule has 0 fully saturated rings. The minimum atomic E-state index is -0.451. The number of nitrogens with one attached hydrogen (secondary N) is 1. The fraction of sp³-hybridized carbons (Fsp3) is 0.294. The van der Waals surface area contributed by atoms with E-state index in [4.69, 9.17) is 9.47 Å². The normalized spacial score (nSPS) is 11.1. The molecule has 0 radical (unpaired) electrons. The van der Waals surface area contributed by atoms with Crippen LogP contribution in [0.15, 0.2) is 18.3 Å². The van der Waals surface area contributed by atoms with Gasteiger partial charge in [-0.1, -0.05) is 0 Å². The van der Waals surface area contributed by atoms with E-state index in [1.807, 2.05) is 26.0 Å². The fourth-order valence-electron chi connectivity index (χ4n) is 3.05. The highest BCUT2D eigenvalue weighted by Gasteiger charge is 2.20. The molecule has 1 N–H and O–H groups in total. The molecule has 120 valence electrons. The van der Waals surface area contributed by atoms with Crippen molar-refractivity contribution in [3.63, 3.8) is 0 Å². The number of aromatic nitrogens is 2. The number of rotatable bonds is 2. The monoisotopic (exact) mass is 314 g/mol. The Bertz CT molecular complexity index is 933. The molecular formula is C17H18N2O4. The van der Waals surface area contributed by atoms with Crippen molar-refractivity contribution in [1.82, 2.24) is 9.55 Å². The molecule has 23 heavy (non-hydrogen) atoms. The standard InChI is InChI=1S/C17H18N2O4/c1-5-23-16(20)15-10(3)14-9(2)11-6-7-19(17(21)22-4)13(11)8-12(14)18-15/h6-8,18H,5H2,1-4H3. The molecule has 1 aromatic carbocycles. The lowest BCUT2D eigenvalue weighted by atomic mass is 10.0. The van der Waals surface area contributed by atoms with Crippen LogP contribution in [0.3, 0.4) is 0 Å². The Morgan fingerprint density at radius 3 is 2.65 bits per heavy atom. The first-order chi connectivity index (χ1) is 11.0. The molecule has 2 heterocycles. The Labute approximate surface area is 133 Å². The van der Waals surface area contributed by atoms with Crippen LogP contribution in [-0.2, 0) is 9.47 Å². The van der Waals surface area contributed by atoms with E-state index in [9.17, 15) is 9.59 Å². The third-order valence-corrected chi connectivity index (χ3v) is 4.12. The summed E-state index contributed by atoms with van der Waals surface area (Å²) in [6.07, 6.45) is 1.23. The van der Waals surface area contributed by atoms with E-state index in [2.05, 4.69) is 4.98 Å². The Kier molecular flexibility index (Phi) is 3.60. The molecule has 0 aliphatic rings. The second-order valence-electron chi connectivity index (χ2n) is 5.36. The summed E-state index contributed by atoms with van der Waals surface area (Å²) in [4.78, 5) is 27.0. The molecule has 0 bridgehead atoms. The van der Waals surface area contributed by atoms with E-state index in [0.29, 0.717) is 12.3 Å². The lowest BCUT2D eigenvalue weighted by Gasteiger charge is -2.05. The minimum absolute atomic E-state index is 0.321. The van der Waals surface area contributed by atoms with E-state index in [0.717, 1.165) is 32.9 Å². The van der Waals surface area contributed by atoms with Crippen LogP contribution in [0.25, 0.3) is 21.8 Å². The maximum absolute atomic E-state index is 12.1. The van der Waals surface area contributed by atoms with Gasteiger partial charge in [-0.3, -0.25) is 4.57 Å². The van der Waals surface area contributed by atoms with Gasteiger partial charge in [-0.2, -0.15) is 0 Å². The summed E-state index contributed by atoms with van der Waals surface area (Å²) < 4.78 is 11.3. The summed E-state index contributed by atoms with van der Waals surface area (Å²) in [6, 6.07) is 3.72.